The van der Waals surface area contributed by atoms with Crippen LogP contribution in [0.3, 0.4) is 0 Å². The molecule has 0 saturated heterocycles. The zero-order valence-electron chi connectivity index (χ0n) is 11.2. The Balaban J connectivity index is 2.08. The molecular weight excluding hydrogens is 296 g/mol. The van der Waals surface area contributed by atoms with Gasteiger partial charge in [-0.05, 0) is 31.3 Å². The van der Waals surface area contributed by atoms with Crippen molar-refractivity contribution in [2.75, 3.05) is 6.54 Å². The summed E-state index contributed by atoms with van der Waals surface area (Å²) in [6, 6.07) is 3.55. The van der Waals surface area contributed by atoms with Crippen molar-refractivity contribution < 1.29 is 8.42 Å². The molecule has 0 spiro atoms. The molecule has 2 heterocycles. The summed E-state index contributed by atoms with van der Waals surface area (Å²) < 4.78 is 28.7. The zero-order chi connectivity index (χ0) is 14.6. The Hall–Kier alpha value is -1.22. The minimum Gasteiger partial charge on any atom is -0.330 e. The van der Waals surface area contributed by atoms with Crippen LogP contribution >= 0.6 is 11.3 Å². The van der Waals surface area contributed by atoms with Gasteiger partial charge in [0, 0.05) is 17.6 Å². The van der Waals surface area contributed by atoms with Crippen LogP contribution in [0.15, 0.2) is 34.8 Å². The monoisotopic (exact) mass is 314 g/mol. The maximum absolute atomic E-state index is 12.2. The Morgan fingerprint density at radius 2 is 2.35 bits per heavy atom. The van der Waals surface area contributed by atoms with E-state index < -0.39 is 10.0 Å². The SMILES string of the molecule is CC(NS(=O)(=O)c1cnn(CCCN)c1)c1cccs1. The van der Waals surface area contributed by atoms with Gasteiger partial charge in [0.2, 0.25) is 10.0 Å². The quantitative estimate of drug-likeness (QED) is 0.807. The first kappa shape index (κ1) is 15.2. The van der Waals surface area contributed by atoms with Gasteiger partial charge in [-0.3, -0.25) is 4.68 Å². The van der Waals surface area contributed by atoms with E-state index in [-0.39, 0.29) is 10.9 Å². The molecule has 2 aromatic rings. The van der Waals surface area contributed by atoms with Gasteiger partial charge in [0.1, 0.15) is 4.90 Å². The standard InChI is InChI=1S/C12H18N4O2S2/c1-10(12-4-2-7-19-12)15-20(17,18)11-8-14-16(9-11)6-3-5-13/h2,4,7-10,15H,3,5-6,13H2,1H3. The van der Waals surface area contributed by atoms with Crippen molar-refractivity contribution in [1.82, 2.24) is 14.5 Å². The van der Waals surface area contributed by atoms with Crippen LogP contribution in [0.5, 0.6) is 0 Å². The lowest BCUT2D eigenvalue weighted by atomic mass is 10.3. The Kier molecular flexibility index (Phi) is 4.92. The van der Waals surface area contributed by atoms with Crippen LogP contribution in [0.4, 0.5) is 0 Å². The Morgan fingerprint density at radius 1 is 1.55 bits per heavy atom. The number of nitrogens with one attached hydrogen (secondary N) is 1. The van der Waals surface area contributed by atoms with E-state index in [4.69, 9.17) is 5.73 Å². The second-order valence-electron chi connectivity index (χ2n) is 4.44. The molecule has 110 valence electrons. The first-order valence-corrected chi connectivity index (χ1v) is 8.67. The molecule has 1 unspecified atom stereocenters. The van der Waals surface area contributed by atoms with E-state index in [0.717, 1.165) is 11.3 Å². The number of nitrogens with two attached hydrogens (primary N) is 1. The third kappa shape index (κ3) is 3.66. The number of aryl methyl sites for hydroxylation is 1. The molecule has 1 atom stereocenters. The molecule has 0 radical (unpaired) electrons. The summed E-state index contributed by atoms with van der Waals surface area (Å²) in [6.45, 7) is 2.99. The highest BCUT2D eigenvalue weighted by molar-refractivity contribution is 7.89. The molecule has 2 aromatic heterocycles. The van der Waals surface area contributed by atoms with Crippen molar-refractivity contribution >= 4 is 21.4 Å². The van der Waals surface area contributed by atoms with Gasteiger partial charge in [-0.2, -0.15) is 5.10 Å². The molecule has 0 aromatic carbocycles. The van der Waals surface area contributed by atoms with Crippen LogP contribution in [-0.2, 0) is 16.6 Å². The van der Waals surface area contributed by atoms with Crippen molar-refractivity contribution in [1.29, 1.82) is 0 Å². The first-order valence-electron chi connectivity index (χ1n) is 6.31. The molecule has 0 bridgehead atoms. The maximum atomic E-state index is 12.2. The average Bonchev–Trinajstić information content (AvgIpc) is 3.07. The Morgan fingerprint density at radius 3 is 3.00 bits per heavy atom. The van der Waals surface area contributed by atoms with Crippen LogP contribution in [-0.4, -0.2) is 24.7 Å². The predicted octanol–water partition coefficient (Wildman–Crippen LogP) is 1.33. The zero-order valence-corrected chi connectivity index (χ0v) is 12.8. The minimum atomic E-state index is -3.55. The summed E-state index contributed by atoms with van der Waals surface area (Å²) >= 11 is 1.52. The van der Waals surface area contributed by atoms with E-state index in [1.54, 1.807) is 4.68 Å². The lowest BCUT2D eigenvalue weighted by Gasteiger charge is -2.11. The summed E-state index contributed by atoms with van der Waals surface area (Å²) in [7, 11) is -3.55. The topological polar surface area (TPSA) is 90.0 Å². The van der Waals surface area contributed by atoms with Crippen LogP contribution in [0.2, 0.25) is 0 Å². The van der Waals surface area contributed by atoms with Crippen LogP contribution in [0.25, 0.3) is 0 Å². The molecule has 8 heteroatoms. The molecule has 3 N–H and O–H groups in total. The smallest absolute Gasteiger partial charge is 0.244 e. The number of rotatable bonds is 7. The second kappa shape index (κ2) is 6.49. The number of thiophene rings is 1. The van der Waals surface area contributed by atoms with Crippen molar-refractivity contribution in [3.63, 3.8) is 0 Å². The van der Waals surface area contributed by atoms with Crippen LogP contribution in [0, 0.1) is 0 Å². The maximum Gasteiger partial charge on any atom is 0.244 e. The summed E-state index contributed by atoms with van der Waals surface area (Å²) in [6.07, 6.45) is 3.65. The van der Waals surface area contributed by atoms with Gasteiger partial charge in [0.15, 0.2) is 0 Å². The van der Waals surface area contributed by atoms with Gasteiger partial charge in [0.05, 0.1) is 12.2 Å². The average molecular weight is 314 g/mol. The highest BCUT2D eigenvalue weighted by Crippen LogP contribution is 2.20. The molecule has 0 aliphatic rings. The molecule has 0 amide bonds. The van der Waals surface area contributed by atoms with Gasteiger partial charge in [0.25, 0.3) is 0 Å². The number of hydrogen-bond acceptors (Lipinski definition) is 5. The van der Waals surface area contributed by atoms with Crippen molar-refractivity contribution in [2.24, 2.45) is 5.73 Å². The fraction of sp³-hybridized carbons (Fsp3) is 0.417. The molecule has 20 heavy (non-hydrogen) atoms. The predicted molar refractivity (Wildman–Crippen MR) is 79.0 cm³/mol. The van der Waals surface area contributed by atoms with Crippen molar-refractivity contribution in [3.05, 3.63) is 34.8 Å². The third-order valence-electron chi connectivity index (χ3n) is 2.81. The van der Waals surface area contributed by atoms with Gasteiger partial charge < -0.3 is 5.73 Å². The van der Waals surface area contributed by atoms with Gasteiger partial charge >= 0.3 is 0 Å². The summed E-state index contributed by atoms with van der Waals surface area (Å²) in [5, 5.41) is 5.96. The van der Waals surface area contributed by atoms with Gasteiger partial charge in [-0.1, -0.05) is 6.07 Å². The molecule has 2 rings (SSSR count). The van der Waals surface area contributed by atoms with Crippen LogP contribution < -0.4 is 10.5 Å². The number of hydrogen-bond donors (Lipinski definition) is 2. The van der Waals surface area contributed by atoms with E-state index in [0.29, 0.717) is 13.1 Å². The van der Waals surface area contributed by atoms with Gasteiger partial charge in [-0.15, -0.1) is 11.3 Å². The van der Waals surface area contributed by atoms with E-state index in [1.165, 1.54) is 23.7 Å². The van der Waals surface area contributed by atoms with Crippen molar-refractivity contribution in [2.45, 2.75) is 30.8 Å². The van der Waals surface area contributed by atoms with E-state index >= 15 is 0 Å². The highest BCUT2D eigenvalue weighted by atomic mass is 32.2. The van der Waals surface area contributed by atoms with Gasteiger partial charge in [-0.25, -0.2) is 13.1 Å². The Labute approximate surface area is 122 Å². The lowest BCUT2D eigenvalue weighted by molar-refractivity contribution is 0.566. The van der Waals surface area contributed by atoms with E-state index in [9.17, 15) is 8.42 Å². The number of aromatic nitrogens is 2. The minimum absolute atomic E-state index is 0.179. The fourth-order valence-electron chi connectivity index (χ4n) is 1.76. The van der Waals surface area contributed by atoms with Crippen molar-refractivity contribution in [3.8, 4) is 0 Å². The molecule has 0 fully saturated rings. The summed E-state index contributed by atoms with van der Waals surface area (Å²) in [4.78, 5) is 1.15. The lowest BCUT2D eigenvalue weighted by Crippen LogP contribution is -2.26. The number of nitrogens with zero attached hydrogens (tertiary/aromatic N) is 2. The molecule has 0 aliphatic carbocycles. The molecular formula is C12H18N4O2S2. The molecule has 0 saturated carbocycles. The largest absolute Gasteiger partial charge is 0.330 e. The van der Waals surface area contributed by atoms with Crippen LogP contribution in [0.1, 0.15) is 24.3 Å². The fourth-order valence-corrected chi connectivity index (χ4v) is 3.74. The summed E-state index contributed by atoms with van der Waals surface area (Å²) in [5.74, 6) is 0. The van der Waals surface area contributed by atoms with E-state index in [2.05, 4.69) is 9.82 Å². The number of sulfonamides is 1. The molecule has 0 aliphatic heterocycles. The molecule has 6 nitrogen and oxygen atoms in total. The third-order valence-corrected chi connectivity index (χ3v) is 5.36. The first-order chi connectivity index (χ1) is 9.53. The normalized spacial score (nSPS) is 13.5. The Bertz CT molecular complexity index is 634. The van der Waals surface area contributed by atoms with E-state index in [1.807, 2.05) is 24.4 Å². The second-order valence-corrected chi connectivity index (χ2v) is 7.13. The highest BCUT2D eigenvalue weighted by Gasteiger charge is 2.20. The summed E-state index contributed by atoms with van der Waals surface area (Å²) in [5.41, 5.74) is 5.42.